The molecule has 0 aliphatic heterocycles. The highest BCUT2D eigenvalue weighted by molar-refractivity contribution is 6.31. The van der Waals surface area contributed by atoms with Gasteiger partial charge in [-0.25, -0.2) is 4.98 Å². The molecule has 5 nitrogen and oxygen atoms in total. The van der Waals surface area contributed by atoms with E-state index in [0.717, 1.165) is 16.9 Å². The quantitative estimate of drug-likeness (QED) is 0.587. The van der Waals surface area contributed by atoms with E-state index in [1.165, 1.54) is 0 Å². The van der Waals surface area contributed by atoms with Gasteiger partial charge < -0.3 is 15.4 Å². The number of nitrogens with zero attached hydrogens (tertiary/aromatic N) is 2. The van der Waals surface area contributed by atoms with E-state index in [-0.39, 0.29) is 0 Å². The number of methoxy groups -OCH3 is 1. The Hall–Kier alpha value is -2.50. The van der Waals surface area contributed by atoms with Crippen molar-refractivity contribution in [3.05, 3.63) is 69.8 Å². The van der Waals surface area contributed by atoms with Crippen molar-refractivity contribution < 1.29 is 4.74 Å². The molecule has 0 saturated carbocycles. The summed E-state index contributed by atoms with van der Waals surface area (Å²) in [5.41, 5.74) is 2.66. The van der Waals surface area contributed by atoms with Gasteiger partial charge in [0.1, 0.15) is 11.6 Å². The molecule has 0 fully saturated rings. The summed E-state index contributed by atoms with van der Waals surface area (Å²) in [6.07, 6.45) is 0. The van der Waals surface area contributed by atoms with Gasteiger partial charge in [0, 0.05) is 28.4 Å². The molecule has 26 heavy (non-hydrogen) atoms. The highest BCUT2D eigenvalue weighted by Gasteiger charge is 2.08. The van der Waals surface area contributed by atoms with Gasteiger partial charge in [0.05, 0.1) is 12.8 Å². The van der Waals surface area contributed by atoms with Crippen LogP contribution in [-0.2, 0) is 6.54 Å². The standard InChI is InChI=1S/C19H18Cl2N4O/c1-12-9-18(24-16-10-15(21)7-8-17(16)26-2)25-19(23-12)22-11-13-3-5-14(20)6-4-13/h3-10H,11H2,1-2H3,(H2,22,23,24,25). The van der Waals surface area contributed by atoms with Crippen LogP contribution in [0.2, 0.25) is 10.0 Å². The summed E-state index contributed by atoms with van der Waals surface area (Å²) < 4.78 is 5.36. The third kappa shape index (κ3) is 4.77. The molecular formula is C19H18Cl2N4O. The predicted molar refractivity (Wildman–Crippen MR) is 107 cm³/mol. The van der Waals surface area contributed by atoms with E-state index in [9.17, 15) is 0 Å². The van der Waals surface area contributed by atoms with Gasteiger partial charge in [0.2, 0.25) is 5.95 Å². The normalized spacial score (nSPS) is 10.5. The maximum absolute atomic E-state index is 6.08. The van der Waals surface area contributed by atoms with Gasteiger partial charge in [-0.3, -0.25) is 0 Å². The van der Waals surface area contributed by atoms with Gasteiger partial charge in [0.25, 0.3) is 0 Å². The van der Waals surface area contributed by atoms with Gasteiger partial charge in [-0.2, -0.15) is 4.98 Å². The molecule has 134 valence electrons. The number of benzene rings is 2. The smallest absolute Gasteiger partial charge is 0.225 e. The summed E-state index contributed by atoms with van der Waals surface area (Å²) in [7, 11) is 1.61. The van der Waals surface area contributed by atoms with Crippen molar-refractivity contribution in [2.75, 3.05) is 17.7 Å². The van der Waals surface area contributed by atoms with Gasteiger partial charge in [-0.1, -0.05) is 35.3 Å². The predicted octanol–water partition coefficient (Wildman–Crippen LogP) is 5.46. The second-order valence-electron chi connectivity index (χ2n) is 5.67. The van der Waals surface area contributed by atoms with Gasteiger partial charge in [0.15, 0.2) is 0 Å². The zero-order valence-electron chi connectivity index (χ0n) is 14.4. The Bertz CT molecular complexity index is 901. The lowest BCUT2D eigenvalue weighted by Crippen LogP contribution is -2.06. The summed E-state index contributed by atoms with van der Waals surface area (Å²) in [5.74, 6) is 1.86. The zero-order valence-corrected chi connectivity index (χ0v) is 15.9. The largest absolute Gasteiger partial charge is 0.495 e. The molecule has 0 radical (unpaired) electrons. The van der Waals surface area contributed by atoms with Crippen LogP contribution >= 0.6 is 23.2 Å². The highest BCUT2D eigenvalue weighted by atomic mass is 35.5. The van der Waals surface area contributed by atoms with E-state index in [4.69, 9.17) is 27.9 Å². The van der Waals surface area contributed by atoms with E-state index in [1.807, 2.05) is 37.3 Å². The number of ether oxygens (including phenoxy) is 1. The van der Waals surface area contributed by atoms with E-state index in [1.54, 1.807) is 25.3 Å². The van der Waals surface area contributed by atoms with Crippen molar-refractivity contribution >= 4 is 40.7 Å². The Kier molecular flexibility index (Phi) is 5.81. The van der Waals surface area contributed by atoms with Crippen LogP contribution < -0.4 is 15.4 Å². The fraction of sp³-hybridized carbons (Fsp3) is 0.158. The molecule has 2 aromatic carbocycles. The first-order valence-electron chi connectivity index (χ1n) is 7.98. The van der Waals surface area contributed by atoms with Crippen molar-refractivity contribution in [3.63, 3.8) is 0 Å². The van der Waals surface area contributed by atoms with Crippen molar-refractivity contribution in [1.82, 2.24) is 9.97 Å². The molecule has 0 aliphatic carbocycles. The summed E-state index contributed by atoms with van der Waals surface area (Å²) in [4.78, 5) is 8.93. The lowest BCUT2D eigenvalue weighted by Gasteiger charge is -2.13. The summed E-state index contributed by atoms with van der Waals surface area (Å²) in [6, 6.07) is 14.9. The van der Waals surface area contributed by atoms with Crippen LogP contribution in [-0.4, -0.2) is 17.1 Å². The molecule has 3 aromatic rings. The Labute approximate surface area is 162 Å². The van der Waals surface area contributed by atoms with Gasteiger partial charge in [-0.15, -0.1) is 0 Å². The highest BCUT2D eigenvalue weighted by Crippen LogP contribution is 2.30. The first-order chi connectivity index (χ1) is 12.5. The molecule has 1 aromatic heterocycles. The molecular weight excluding hydrogens is 371 g/mol. The molecule has 0 atom stereocenters. The summed E-state index contributed by atoms with van der Waals surface area (Å²) in [6.45, 7) is 2.51. The fourth-order valence-electron chi connectivity index (χ4n) is 2.41. The summed E-state index contributed by atoms with van der Waals surface area (Å²) in [5, 5.41) is 7.78. The number of anilines is 3. The molecule has 1 heterocycles. The van der Waals surface area contributed by atoms with E-state index < -0.39 is 0 Å². The Morgan fingerprint density at radius 1 is 0.962 bits per heavy atom. The fourth-order valence-corrected chi connectivity index (χ4v) is 2.71. The minimum Gasteiger partial charge on any atom is -0.495 e. The first-order valence-corrected chi connectivity index (χ1v) is 8.73. The van der Waals surface area contributed by atoms with Crippen molar-refractivity contribution in [2.24, 2.45) is 0 Å². The van der Waals surface area contributed by atoms with Gasteiger partial charge >= 0.3 is 0 Å². The number of hydrogen-bond donors (Lipinski definition) is 2. The molecule has 0 spiro atoms. The van der Waals surface area contributed by atoms with Crippen molar-refractivity contribution in [3.8, 4) is 5.75 Å². The topological polar surface area (TPSA) is 59.1 Å². The van der Waals surface area contributed by atoms with Crippen LogP contribution in [0.25, 0.3) is 0 Å². The lowest BCUT2D eigenvalue weighted by molar-refractivity contribution is 0.417. The minimum absolute atomic E-state index is 0.531. The van der Waals surface area contributed by atoms with Crippen LogP contribution in [0.1, 0.15) is 11.3 Å². The zero-order chi connectivity index (χ0) is 18.5. The molecule has 0 aliphatic rings. The Balaban J connectivity index is 1.77. The number of aromatic nitrogens is 2. The number of rotatable bonds is 6. The molecule has 0 unspecified atom stereocenters. The average molecular weight is 389 g/mol. The minimum atomic E-state index is 0.531. The SMILES string of the molecule is COc1ccc(Cl)cc1Nc1cc(C)nc(NCc2ccc(Cl)cc2)n1. The van der Waals surface area contributed by atoms with Gasteiger partial charge in [-0.05, 0) is 42.8 Å². The number of aryl methyl sites for hydroxylation is 1. The second-order valence-corrected chi connectivity index (χ2v) is 6.54. The third-order valence-electron chi connectivity index (χ3n) is 3.64. The van der Waals surface area contributed by atoms with Crippen LogP contribution in [0.3, 0.4) is 0 Å². The maximum Gasteiger partial charge on any atom is 0.225 e. The van der Waals surface area contributed by atoms with E-state index in [0.29, 0.717) is 34.1 Å². The second kappa shape index (κ2) is 8.25. The monoisotopic (exact) mass is 388 g/mol. The number of nitrogens with one attached hydrogen (secondary N) is 2. The van der Waals surface area contributed by atoms with E-state index in [2.05, 4.69) is 20.6 Å². The molecule has 7 heteroatoms. The Morgan fingerprint density at radius 3 is 2.42 bits per heavy atom. The average Bonchev–Trinajstić information content (AvgIpc) is 2.61. The third-order valence-corrected chi connectivity index (χ3v) is 4.13. The molecule has 0 amide bonds. The number of halogens is 2. The molecule has 0 bridgehead atoms. The molecule has 0 saturated heterocycles. The van der Waals surface area contributed by atoms with Crippen LogP contribution in [0.15, 0.2) is 48.5 Å². The van der Waals surface area contributed by atoms with Crippen LogP contribution in [0, 0.1) is 6.92 Å². The van der Waals surface area contributed by atoms with Crippen LogP contribution in [0.5, 0.6) is 5.75 Å². The van der Waals surface area contributed by atoms with Crippen molar-refractivity contribution in [2.45, 2.75) is 13.5 Å². The summed E-state index contributed by atoms with van der Waals surface area (Å²) >= 11 is 12.0. The van der Waals surface area contributed by atoms with Crippen molar-refractivity contribution in [1.29, 1.82) is 0 Å². The van der Waals surface area contributed by atoms with Crippen LogP contribution in [0.4, 0.5) is 17.5 Å². The lowest BCUT2D eigenvalue weighted by atomic mass is 10.2. The maximum atomic E-state index is 6.08. The molecule has 3 rings (SSSR count). The first kappa shape index (κ1) is 18.3. The van der Waals surface area contributed by atoms with E-state index >= 15 is 0 Å². The Morgan fingerprint density at radius 2 is 1.69 bits per heavy atom. The number of hydrogen-bond acceptors (Lipinski definition) is 5. The molecule has 2 N–H and O–H groups in total.